The minimum absolute atomic E-state index is 0.0291. The molecule has 0 unspecified atom stereocenters. The molecule has 1 aliphatic heterocycles. The molecule has 2 N–H and O–H groups in total. The SMILES string of the molecule is COc1ccc(NC(=O)CSC2=C(C#N)[C@@H](c3ccc(Cl)cc3)C(C(C)=O)=C(C)N2)c([N+](=O)[O-])c1. The van der Waals surface area contributed by atoms with E-state index in [9.17, 15) is 25.0 Å². The smallest absolute Gasteiger partial charge is 0.296 e. The number of methoxy groups -OCH3 is 1. The molecule has 0 saturated heterocycles. The van der Waals surface area contributed by atoms with Crippen molar-refractivity contribution in [1.82, 2.24) is 5.32 Å². The van der Waals surface area contributed by atoms with E-state index in [-0.39, 0.29) is 34.2 Å². The van der Waals surface area contributed by atoms with E-state index in [1.807, 2.05) is 0 Å². The number of nitriles is 1. The van der Waals surface area contributed by atoms with E-state index in [0.29, 0.717) is 26.9 Å². The third-order valence-electron chi connectivity index (χ3n) is 5.25. The first-order chi connectivity index (χ1) is 16.7. The molecule has 0 aromatic heterocycles. The number of halogens is 1. The van der Waals surface area contributed by atoms with E-state index in [1.165, 1.54) is 32.2 Å². The van der Waals surface area contributed by atoms with Crippen LogP contribution in [-0.2, 0) is 9.59 Å². The van der Waals surface area contributed by atoms with E-state index < -0.39 is 16.7 Å². The zero-order valence-corrected chi connectivity index (χ0v) is 20.6. The number of hydrogen-bond donors (Lipinski definition) is 2. The number of nitrogens with one attached hydrogen (secondary N) is 2. The van der Waals surface area contributed by atoms with Crippen molar-refractivity contribution in [3.8, 4) is 11.8 Å². The lowest BCUT2D eigenvalue weighted by atomic mass is 9.81. The highest BCUT2D eigenvalue weighted by molar-refractivity contribution is 8.03. The fraction of sp³-hybridized carbons (Fsp3) is 0.208. The number of benzene rings is 2. The van der Waals surface area contributed by atoms with Gasteiger partial charge in [0.25, 0.3) is 5.69 Å². The molecule has 180 valence electrons. The van der Waals surface area contributed by atoms with E-state index in [1.54, 1.807) is 31.2 Å². The number of ketones is 1. The van der Waals surface area contributed by atoms with Crippen molar-refractivity contribution in [2.24, 2.45) is 0 Å². The quantitative estimate of drug-likeness (QED) is 0.376. The van der Waals surface area contributed by atoms with E-state index in [0.717, 1.165) is 11.8 Å². The second kappa shape index (κ2) is 11.1. The van der Waals surface area contributed by atoms with Crippen molar-refractivity contribution in [1.29, 1.82) is 5.26 Å². The van der Waals surface area contributed by atoms with Crippen LogP contribution in [0, 0.1) is 21.4 Å². The fourth-order valence-corrected chi connectivity index (χ4v) is 4.72. The predicted octanol–water partition coefficient (Wildman–Crippen LogP) is 4.91. The molecular formula is C24H21ClN4O5S. The number of nitro groups is 1. The molecule has 2 aromatic carbocycles. The molecule has 1 heterocycles. The number of ether oxygens (including phenoxy) is 1. The second-order valence-electron chi connectivity index (χ2n) is 7.54. The Balaban J connectivity index is 1.86. The van der Waals surface area contributed by atoms with Crippen LogP contribution in [0.4, 0.5) is 11.4 Å². The van der Waals surface area contributed by atoms with Crippen LogP contribution >= 0.6 is 23.4 Å². The fourth-order valence-electron chi connectivity index (χ4n) is 3.70. The number of anilines is 1. The Morgan fingerprint density at radius 1 is 1.29 bits per heavy atom. The maximum absolute atomic E-state index is 12.6. The number of carbonyl (C=O) groups excluding carboxylic acids is 2. The molecule has 11 heteroatoms. The molecule has 3 rings (SSSR count). The molecular weight excluding hydrogens is 492 g/mol. The molecule has 0 saturated carbocycles. The number of carbonyl (C=O) groups is 2. The predicted molar refractivity (Wildman–Crippen MR) is 134 cm³/mol. The van der Waals surface area contributed by atoms with Crippen LogP contribution < -0.4 is 15.4 Å². The molecule has 35 heavy (non-hydrogen) atoms. The molecule has 1 atom stereocenters. The number of hydrogen-bond acceptors (Lipinski definition) is 8. The Kier molecular flexibility index (Phi) is 8.17. The summed E-state index contributed by atoms with van der Waals surface area (Å²) in [4.78, 5) is 35.8. The van der Waals surface area contributed by atoms with Crippen LogP contribution in [0.5, 0.6) is 5.75 Å². The maximum Gasteiger partial charge on any atom is 0.296 e. The summed E-state index contributed by atoms with van der Waals surface area (Å²) in [5.41, 5.74) is 1.76. The van der Waals surface area contributed by atoms with Crippen LogP contribution in [0.1, 0.15) is 25.3 Å². The van der Waals surface area contributed by atoms with Gasteiger partial charge in [0.1, 0.15) is 11.4 Å². The molecule has 2 aromatic rings. The summed E-state index contributed by atoms with van der Waals surface area (Å²) >= 11 is 7.08. The molecule has 1 aliphatic rings. The summed E-state index contributed by atoms with van der Waals surface area (Å²) in [7, 11) is 1.39. The van der Waals surface area contributed by atoms with Gasteiger partial charge in [-0.05, 0) is 43.7 Å². The van der Waals surface area contributed by atoms with Gasteiger partial charge >= 0.3 is 0 Å². The van der Waals surface area contributed by atoms with Gasteiger partial charge in [0.05, 0.1) is 46.4 Å². The summed E-state index contributed by atoms with van der Waals surface area (Å²) in [5, 5.41) is 27.9. The Hall–Kier alpha value is -3.81. The first-order valence-electron chi connectivity index (χ1n) is 10.3. The van der Waals surface area contributed by atoms with E-state index in [4.69, 9.17) is 16.3 Å². The summed E-state index contributed by atoms with van der Waals surface area (Å²) in [6, 6.07) is 13.2. The van der Waals surface area contributed by atoms with Gasteiger partial charge < -0.3 is 15.4 Å². The number of allylic oxidation sites excluding steroid dienone is 3. The largest absolute Gasteiger partial charge is 0.496 e. The van der Waals surface area contributed by atoms with Crippen LogP contribution in [-0.4, -0.2) is 29.5 Å². The number of dihydropyridines is 1. The van der Waals surface area contributed by atoms with Gasteiger partial charge in [-0.1, -0.05) is 35.5 Å². The van der Waals surface area contributed by atoms with E-state index in [2.05, 4.69) is 16.7 Å². The minimum Gasteiger partial charge on any atom is -0.496 e. The molecule has 0 radical (unpaired) electrons. The normalized spacial score (nSPS) is 15.2. The lowest BCUT2D eigenvalue weighted by molar-refractivity contribution is -0.384. The van der Waals surface area contributed by atoms with Crippen LogP contribution in [0.2, 0.25) is 5.02 Å². The van der Waals surface area contributed by atoms with E-state index >= 15 is 0 Å². The van der Waals surface area contributed by atoms with Crippen LogP contribution in [0.15, 0.2) is 64.3 Å². The van der Waals surface area contributed by atoms with Crippen molar-refractivity contribution in [3.63, 3.8) is 0 Å². The van der Waals surface area contributed by atoms with Crippen LogP contribution in [0.25, 0.3) is 0 Å². The Morgan fingerprint density at radius 3 is 2.54 bits per heavy atom. The summed E-state index contributed by atoms with van der Waals surface area (Å²) in [5.74, 6) is -1.15. The summed E-state index contributed by atoms with van der Waals surface area (Å²) < 4.78 is 5.00. The van der Waals surface area contributed by atoms with Gasteiger partial charge in [-0.2, -0.15) is 5.26 Å². The van der Waals surface area contributed by atoms with Gasteiger partial charge in [0.2, 0.25) is 5.91 Å². The number of Topliss-reactive ketones (excluding diaryl/α,β-unsaturated/α-hetero) is 1. The zero-order valence-electron chi connectivity index (χ0n) is 19.0. The highest BCUT2D eigenvalue weighted by Gasteiger charge is 2.33. The number of amides is 1. The first kappa shape index (κ1) is 25.8. The third kappa shape index (κ3) is 5.82. The summed E-state index contributed by atoms with van der Waals surface area (Å²) in [6.45, 7) is 3.17. The lowest BCUT2D eigenvalue weighted by Crippen LogP contribution is -2.27. The number of nitrogens with zero attached hydrogens (tertiary/aromatic N) is 2. The van der Waals surface area contributed by atoms with Crippen molar-refractivity contribution in [2.45, 2.75) is 19.8 Å². The molecule has 0 fully saturated rings. The van der Waals surface area contributed by atoms with Gasteiger partial charge in [-0.3, -0.25) is 19.7 Å². The molecule has 9 nitrogen and oxygen atoms in total. The van der Waals surface area contributed by atoms with Crippen molar-refractivity contribution in [2.75, 3.05) is 18.2 Å². The molecule has 0 bridgehead atoms. The average molecular weight is 513 g/mol. The topological polar surface area (TPSA) is 134 Å². The Morgan fingerprint density at radius 2 is 1.97 bits per heavy atom. The molecule has 0 spiro atoms. The van der Waals surface area contributed by atoms with Gasteiger partial charge in [-0.15, -0.1) is 0 Å². The second-order valence-corrected chi connectivity index (χ2v) is 8.96. The van der Waals surface area contributed by atoms with Gasteiger partial charge in [0.15, 0.2) is 5.78 Å². The third-order valence-corrected chi connectivity index (χ3v) is 6.52. The van der Waals surface area contributed by atoms with Crippen molar-refractivity contribution in [3.05, 3.63) is 85.0 Å². The maximum atomic E-state index is 12.6. The standard InChI is InChI=1S/C24H21ClN4O5S/c1-13-22(14(2)30)23(15-4-6-16(25)7-5-15)18(11-26)24(27-13)35-12-21(31)28-19-9-8-17(34-3)10-20(19)29(32)33/h4-10,23,27H,12H2,1-3H3,(H,28,31)/t23-/m1/s1. The zero-order chi connectivity index (χ0) is 25.7. The highest BCUT2D eigenvalue weighted by atomic mass is 35.5. The van der Waals surface area contributed by atoms with Gasteiger partial charge in [0, 0.05) is 16.3 Å². The summed E-state index contributed by atoms with van der Waals surface area (Å²) in [6.07, 6.45) is 0. The molecule has 1 amide bonds. The number of rotatable bonds is 8. The minimum atomic E-state index is -0.621. The first-order valence-corrected chi connectivity index (χ1v) is 11.7. The molecule has 0 aliphatic carbocycles. The number of nitro benzene ring substituents is 1. The van der Waals surface area contributed by atoms with Crippen molar-refractivity contribution >= 4 is 46.4 Å². The Bertz CT molecular complexity index is 1300. The Labute approximate surface area is 210 Å². The monoisotopic (exact) mass is 512 g/mol. The highest BCUT2D eigenvalue weighted by Crippen LogP contribution is 2.41. The van der Waals surface area contributed by atoms with Crippen LogP contribution in [0.3, 0.4) is 0 Å². The average Bonchev–Trinajstić information content (AvgIpc) is 2.82. The number of thioether (sulfide) groups is 1. The van der Waals surface area contributed by atoms with Crippen molar-refractivity contribution < 1.29 is 19.2 Å². The van der Waals surface area contributed by atoms with Gasteiger partial charge in [-0.25, -0.2) is 0 Å². The lowest BCUT2D eigenvalue weighted by Gasteiger charge is -2.29.